The molecule has 86 valence electrons. The molecular formula is C14H14N2S. The molecule has 0 fully saturated rings. The lowest BCUT2D eigenvalue weighted by molar-refractivity contribution is 0.901. The number of nitriles is 1. The number of nitrogens with zero attached hydrogens (tertiary/aromatic N) is 2. The van der Waals surface area contributed by atoms with E-state index in [1.54, 1.807) is 11.8 Å². The Labute approximate surface area is 106 Å². The molecule has 1 aromatic carbocycles. The predicted octanol–water partition coefficient (Wildman–Crippen LogP) is 4.00. The number of pyridine rings is 1. The van der Waals surface area contributed by atoms with Crippen molar-refractivity contribution >= 4 is 22.7 Å². The van der Waals surface area contributed by atoms with Crippen molar-refractivity contribution in [2.75, 3.05) is 0 Å². The van der Waals surface area contributed by atoms with E-state index < -0.39 is 0 Å². The molecule has 0 saturated carbocycles. The maximum Gasteiger partial charge on any atom is 0.115 e. The van der Waals surface area contributed by atoms with Crippen LogP contribution in [-0.2, 0) is 0 Å². The summed E-state index contributed by atoms with van der Waals surface area (Å²) in [5, 5.41) is 11.5. The monoisotopic (exact) mass is 242 g/mol. The summed E-state index contributed by atoms with van der Waals surface area (Å²) in [5.41, 5.74) is 1.63. The van der Waals surface area contributed by atoms with E-state index in [0.29, 0.717) is 10.8 Å². The van der Waals surface area contributed by atoms with E-state index in [1.807, 2.05) is 30.3 Å². The zero-order chi connectivity index (χ0) is 12.3. The summed E-state index contributed by atoms with van der Waals surface area (Å²) in [7, 11) is 0. The quantitative estimate of drug-likeness (QED) is 0.763. The van der Waals surface area contributed by atoms with Gasteiger partial charge in [-0.25, -0.2) is 4.98 Å². The third-order valence-corrected chi connectivity index (χ3v) is 3.97. The Morgan fingerprint density at radius 3 is 2.88 bits per heavy atom. The highest BCUT2D eigenvalue weighted by atomic mass is 32.2. The van der Waals surface area contributed by atoms with E-state index in [4.69, 9.17) is 5.26 Å². The van der Waals surface area contributed by atoms with E-state index in [0.717, 1.165) is 22.3 Å². The minimum absolute atomic E-state index is 0.482. The van der Waals surface area contributed by atoms with Gasteiger partial charge in [-0.3, -0.25) is 0 Å². The van der Waals surface area contributed by atoms with Gasteiger partial charge in [-0.15, -0.1) is 11.8 Å². The van der Waals surface area contributed by atoms with Crippen LogP contribution in [0.2, 0.25) is 0 Å². The first kappa shape index (κ1) is 11.9. The highest BCUT2D eigenvalue weighted by Gasteiger charge is 2.10. The molecule has 1 aromatic heterocycles. The zero-order valence-electron chi connectivity index (χ0n) is 9.97. The number of rotatable bonds is 3. The van der Waals surface area contributed by atoms with Gasteiger partial charge in [0.1, 0.15) is 11.1 Å². The van der Waals surface area contributed by atoms with Gasteiger partial charge in [0.05, 0.1) is 11.1 Å². The number of hydrogen-bond acceptors (Lipinski definition) is 3. The minimum Gasteiger partial charge on any atom is -0.240 e. The Kier molecular flexibility index (Phi) is 3.65. The van der Waals surface area contributed by atoms with E-state index >= 15 is 0 Å². The van der Waals surface area contributed by atoms with E-state index in [-0.39, 0.29) is 0 Å². The van der Waals surface area contributed by atoms with Crippen LogP contribution in [0.3, 0.4) is 0 Å². The molecule has 0 aliphatic rings. The minimum atomic E-state index is 0.482. The van der Waals surface area contributed by atoms with Gasteiger partial charge >= 0.3 is 0 Å². The number of para-hydroxylation sites is 1. The van der Waals surface area contributed by atoms with Crippen LogP contribution in [0.1, 0.15) is 25.8 Å². The van der Waals surface area contributed by atoms with Gasteiger partial charge < -0.3 is 0 Å². The first-order chi connectivity index (χ1) is 8.24. The van der Waals surface area contributed by atoms with Crippen molar-refractivity contribution in [2.24, 2.45) is 0 Å². The van der Waals surface area contributed by atoms with Crippen LogP contribution in [-0.4, -0.2) is 10.2 Å². The molecule has 1 unspecified atom stereocenters. The third kappa shape index (κ3) is 2.59. The van der Waals surface area contributed by atoms with Crippen LogP contribution in [0.4, 0.5) is 0 Å². The van der Waals surface area contributed by atoms with Crippen molar-refractivity contribution in [3.05, 3.63) is 35.9 Å². The first-order valence-corrected chi connectivity index (χ1v) is 6.59. The molecule has 2 nitrogen and oxygen atoms in total. The van der Waals surface area contributed by atoms with Gasteiger partial charge in [-0.1, -0.05) is 32.0 Å². The fraction of sp³-hybridized carbons (Fsp3) is 0.286. The number of fused-ring (bicyclic) bond motifs is 1. The molecule has 0 spiro atoms. The summed E-state index contributed by atoms with van der Waals surface area (Å²) >= 11 is 1.68. The maximum atomic E-state index is 9.16. The lowest BCUT2D eigenvalue weighted by Gasteiger charge is -2.09. The number of aromatic nitrogens is 1. The Hall–Kier alpha value is -1.53. The molecule has 0 aliphatic heterocycles. The van der Waals surface area contributed by atoms with Crippen molar-refractivity contribution in [1.82, 2.24) is 4.98 Å². The Bertz CT molecular complexity index is 572. The lowest BCUT2D eigenvalue weighted by atomic mass is 10.2. The molecule has 0 amide bonds. The summed E-state index contributed by atoms with van der Waals surface area (Å²) in [5.74, 6) is 0. The van der Waals surface area contributed by atoms with Gasteiger partial charge in [0, 0.05) is 10.6 Å². The third-order valence-electron chi connectivity index (χ3n) is 2.70. The Morgan fingerprint density at radius 2 is 2.18 bits per heavy atom. The molecule has 0 saturated heterocycles. The largest absolute Gasteiger partial charge is 0.240 e. The standard InChI is InChI=1S/C14H14N2S/c1-3-10(2)17-14-12(9-15)8-11-6-4-5-7-13(11)16-14/h4-8,10H,3H2,1-2H3. The highest BCUT2D eigenvalue weighted by molar-refractivity contribution is 7.99. The smallest absolute Gasteiger partial charge is 0.115 e. The van der Waals surface area contributed by atoms with Crippen molar-refractivity contribution in [1.29, 1.82) is 5.26 Å². The normalized spacial score (nSPS) is 12.3. The Morgan fingerprint density at radius 1 is 1.41 bits per heavy atom. The van der Waals surface area contributed by atoms with Crippen LogP contribution < -0.4 is 0 Å². The Balaban J connectivity index is 2.50. The van der Waals surface area contributed by atoms with Crippen molar-refractivity contribution in [2.45, 2.75) is 30.5 Å². The predicted molar refractivity (Wildman–Crippen MR) is 72.1 cm³/mol. The fourth-order valence-corrected chi connectivity index (χ4v) is 2.47. The molecular weight excluding hydrogens is 228 g/mol. The lowest BCUT2D eigenvalue weighted by Crippen LogP contribution is -1.96. The summed E-state index contributed by atoms with van der Waals surface area (Å²) in [6.45, 7) is 4.30. The van der Waals surface area contributed by atoms with E-state index in [1.165, 1.54) is 0 Å². The summed E-state index contributed by atoms with van der Waals surface area (Å²) in [6, 6.07) is 12.1. The van der Waals surface area contributed by atoms with Gasteiger partial charge in [-0.05, 0) is 18.6 Å². The van der Waals surface area contributed by atoms with Gasteiger partial charge in [0.25, 0.3) is 0 Å². The van der Waals surface area contributed by atoms with E-state index in [2.05, 4.69) is 24.9 Å². The van der Waals surface area contributed by atoms with Gasteiger partial charge in [0.15, 0.2) is 0 Å². The molecule has 0 aliphatic carbocycles. The average molecular weight is 242 g/mol. The molecule has 2 aromatic rings. The average Bonchev–Trinajstić information content (AvgIpc) is 2.37. The molecule has 1 heterocycles. The van der Waals surface area contributed by atoms with E-state index in [9.17, 15) is 0 Å². The molecule has 17 heavy (non-hydrogen) atoms. The summed E-state index contributed by atoms with van der Waals surface area (Å²) in [4.78, 5) is 4.57. The maximum absolute atomic E-state index is 9.16. The van der Waals surface area contributed by atoms with Crippen LogP contribution in [0.5, 0.6) is 0 Å². The van der Waals surface area contributed by atoms with Crippen LogP contribution in [0.15, 0.2) is 35.4 Å². The molecule has 2 rings (SSSR count). The second kappa shape index (κ2) is 5.20. The first-order valence-electron chi connectivity index (χ1n) is 5.71. The summed E-state index contributed by atoms with van der Waals surface area (Å²) in [6.07, 6.45) is 1.07. The molecule has 0 bridgehead atoms. The number of thioether (sulfide) groups is 1. The van der Waals surface area contributed by atoms with Crippen molar-refractivity contribution in [3.63, 3.8) is 0 Å². The number of hydrogen-bond donors (Lipinski definition) is 0. The number of benzene rings is 1. The van der Waals surface area contributed by atoms with Crippen molar-refractivity contribution < 1.29 is 0 Å². The molecule has 0 radical (unpaired) electrons. The molecule has 1 atom stereocenters. The fourth-order valence-electron chi connectivity index (χ4n) is 1.54. The van der Waals surface area contributed by atoms with Crippen LogP contribution in [0.25, 0.3) is 10.9 Å². The van der Waals surface area contributed by atoms with Gasteiger partial charge in [0.2, 0.25) is 0 Å². The second-order valence-corrected chi connectivity index (χ2v) is 5.41. The van der Waals surface area contributed by atoms with Gasteiger partial charge in [-0.2, -0.15) is 5.26 Å². The highest BCUT2D eigenvalue weighted by Crippen LogP contribution is 2.28. The summed E-state index contributed by atoms with van der Waals surface area (Å²) < 4.78 is 0. The van der Waals surface area contributed by atoms with Crippen molar-refractivity contribution in [3.8, 4) is 6.07 Å². The zero-order valence-corrected chi connectivity index (χ0v) is 10.8. The second-order valence-electron chi connectivity index (χ2n) is 3.98. The molecule has 0 N–H and O–H groups in total. The van der Waals surface area contributed by atoms with Crippen LogP contribution in [0, 0.1) is 11.3 Å². The molecule has 3 heteroatoms. The topological polar surface area (TPSA) is 36.7 Å². The SMILES string of the molecule is CCC(C)Sc1nc2ccccc2cc1C#N. The van der Waals surface area contributed by atoms with Crippen LogP contribution >= 0.6 is 11.8 Å².